The van der Waals surface area contributed by atoms with E-state index in [0.29, 0.717) is 5.13 Å². The van der Waals surface area contributed by atoms with E-state index in [4.69, 9.17) is 0 Å². The van der Waals surface area contributed by atoms with E-state index in [-0.39, 0.29) is 13.0 Å². The summed E-state index contributed by atoms with van der Waals surface area (Å²) in [6, 6.07) is 3.96. The third-order valence-corrected chi connectivity index (χ3v) is 5.67. The van der Waals surface area contributed by atoms with E-state index < -0.39 is 21.4 Å². The number of halogens is 1. The normalized spacial score (nSPS) is 19.7. The molecule has 8 heteroatoms. The van der Waals surface area contributed by atoms with Gasteiger partial charge in [-0.2, -0.15) is 8.42 Å². The summed E-state index contributed by atoms with van der Waals surface area (Å²) in [4.78, 5) is 17.6. The van der Waals surface area contributed by atoms with Crippen molar-refractivity contribution in [1.29, 1.82) is 0 Å². The number of carbonyl (C=O) groups excluding carboxylic acids is 1. The number of benzene rings is 1. The summed E-state index contributed by atoms with van der Waals surface area (Å²) in [6.45, 7) is 3.73. The first-order valence-corrected chi connectivity index (χ1v) is 8.63. The Hall–Kier alpha value is -1.54. The van der Waals surface area contributed by atoms with E-state index in [1.807, 2.05) is 26.0 Å². The number of thiazole rings is 1. The lowest BCUT2D eigenvalue weighted by Crippen LogP contribution is -2.26. The standard InChI is InChI=1S/C13H13FN2O3S2/c1-7-3-8(2)12-10(4-7)20-13(15-12)16-6-9(5-11(16)17)21(14,18)19/h3-4,9H,5-6H2,1-2H3. The molecule has 3 rings (SSSR count). The van der Waals surface area contributed by atoms with Gasteiger partial charge in [0, 0.05) is 13.0 Å². The minimum absolute atomic E-state index is 0.171. The van der Waals surface area contributed by atoms with E-state index in [1.165, 1.54) is 16.2 Å². The average Bonchev–Trinajstić information content (AvgIpc) is 2.91. The zero-order chi connectivity index (χ0) is 15.4. The third-order valence-electron chi connectivity index (χ3n) is 3.54. The molecule has 0 bridgehead atoms. The lowest BCUT2D eigenvalue weighted by molar-refractivity contribution is -0.117. The van der Waals surface area contributed by atoms with Crippen LogP contribution in [0.2, 0.25) is 0 Å². The molecule has 1 aromatic carbocycles. The van der Waals surface area contributed by atoms with Crippen molar-refractivity contribution in [3.8, 4) is 0 Å². The molecule has 1 unspecified atom stereocenters. The summed E-state index contributed by atoms with van der Waals surface area (Å²) in [5, 5.41) is -0.866. The molecule has 0 aliphatic carbocycles. The Kier molecular flexibility index (Phi) is 3.25. The fraction of sp³-hybridized carbons (Fsp3) is 0.385. The number of amides is 1. The van der Waals surface area contributed by atoms with Crippen LogP contribution >= 0.6 is 11.3 Å². The van der Waals surface area contributed by atoms with Crippen molar-refractivity contribution in [2.24, 2.45) is 0 Å². The molecular formula is C13H13FN2O3S2. The number of aryl methyl sites for hydroxylation is 2. The molecule has 1 saturated heterocycles. The molecule has 0 radical (unpaired) electrons. The van der Waals surface area contributed by atoms with Crippen molar-refractivity contribution in [1.82, 2.24) is 4.98 Å². The largest absolute Gasteiger partial charge is 0.307 e. The highest BCUT2D eigenvalue weighted by Gasteiger charge is 2.40. The molecule has 1 amide bonds. The highest BCUT2D eigenvalue weighted by atomic mass is 32.3. The number of nitrogens with zero attached hydrogens (tertiary/aromatic N) is 2. The Bertz CT molecular complexity index is 844. The lowest BCUT2D eigenvalue weighted by Gasteiger charge is -2.11. The van der Waals surface area contributed by atoms with Gasteiger partial charge in [-0.1, -0.05) is 17.4 Å². The SMILES string of the molecule is Cc1cc(C)c2nc(N3CC(S(=O)(=O)F)CC3=O)sc2c1. The fourth-order valence-corrected chi connectivity index (χ4v) is 4.36. The number of fused-ring (bicyclic) bond motifs is 1. The lowest BCUT2D eigenvalue weighted by atomic mass is 10.1. The van der Waals surface area contributed by atoms with Gasteiger partial charge >= 0.3 is 10.2 Å². The highest BCUT2D eigenvalue weighted by Crippen LogP contribution is 2.34. The van der Waals surface area contributed by atoms with Gasteiger partial charge in [-0.3, -0.25) is 9.69 Å². The van der Waals surface area contributed by atoms with E-state index in [0.717, 1.165) is 21.3 Å². The minimum atomic E-state index is -4.71. The Morgan fingerprint density at radius 2 is 2.10 bits per heavy atom. The molecule has 2 heterocycles. The zero-order valence-corrected chi connectivity index (χ0v) is 13.1. The second kappa shape index (κ2) is 4.74. The van der Waals surface area contributed by atoms with Gasteiger partial charge in [0.2, 0.25) is 5.91 Å². The maximum atomic E-state index is 13.1. The smallest absolute Gasteiger partial charge is 0.287 e. The third kappa shape index (κ3) is 2.53. The van der Waals surface area contributed by atoms with Crippen LogP contribution in [0.5, 0.6) is 0 Å². The van der Waals surface area contributed by atoms with Crippen LogP contribution in [0, 0.1) is 13.8 Å². The van der Waals surface area contributed by atoms with Crippen LogP contribution in [0.15, 0.2) is 12.1 Å². The molecule has 21 heavy (non-hydrogen) atoms. The monoisotopic (exact) mass is 328 g/mol. The number of aromatic nitrogens is 1. The van der Waals surface area contributed by atoms with Gasteiger partial charge in [-0.15, -0.1) is 3.89 Å². The number of carbonyl (C=O) groups is 1. The van der Waals surface area contributed by atoms with Gasteiger partial charge in [0.15, 0.2) is 5.13 Å². The number of hydrogen-bond acceptors (Lipinski definition) is 5. The van der Waals surface area contributed by atoms with E-state index >= 15 is 0 Å². The van der Waals surface area contributed by atoms with Crippen molar-refractivity contribution in [3.05, 3.63) is 23.3 Å². The molecule has 0 saturated carbocycles. The summed E-state index contributed by atoms with van der Waals surface area (Å²) in [7, 11) is -4.71. The van der Waals surface area contributed by atoms with Crippen LogP contribution in [0.3, 0.4) is 0 Å². The zero-order valence-electron chi connectivity index (χ0n) is 11.5. The van der Waals surface area contributed by atoms with E-state index in [9.17, 15) is 17.1 Å². The van der Waals surface area contributed by atoms with Crippen LogP contribution in [0.1, 0.15) is 17.5 Å². The predicted octanol–water partition coefficient (Wildman–Crippen LogP) is 2.32. The summed E-state index contributed by atoms with van der Waals surface area (Å²) in [6.07, 6.45) is -0.327. The highest BCUT2D eigenvalue weighted by molar-refractivity contribution is 7.87. The van der Waals surface area contributed by atoms with Crippen molar-refractivity contribution < 1.29 is 17.1 Å². The first-order chi connectivity index (χ1) is 9.75. The van der Waals surface area contributed by atoms with Crippen molar-refractivity contribution in [2.45, 2.75) is 25.5 Å². The molecule has 1 atom stereocenters. The Morgan fingerprint density at radius 1 is 1.38 bits per heavy atom. The summed E-state index contributed by atoms with van der Waals surface area (Å²) < 4.78 is 35.9. The summed E-state index contributed by atoms with van der Waals surface area (Å²) in [5.74, 6) is -0.408. The Morgan fingerprint density at radius 3 is 2.71 bits per heavy atom. The van der Waals surface area contributed by atoms with Gasteiger partial charge in [-0.25, -0.2) is 4.98 Å². The van der Waals surface area contributed by atoms with Gasteiger partial charge < -0.3 is 0 Å². The first-order valence-electron chi connectivity index (χ1n) is 6.37. The van der Waals surface area contributed by atoms with Gasteiger partial charge in [-0.05, 0) is 31.0 Å². The first kappa shape index (κ1) is 14.4. The molecule has 112 valence electrons. The van der Waals surface area contributed by atoms with Gasteiger partial charge in [0.25, 0.3) is 0 Å². The molecular weight excluding hydrogens is 315 g/mol. The van der Waals surface area contributed by atoms with Crippen LogP contribution in [0.25, 0.3) is 10.2 Å². The number of anilines is 1. The molecule has 1 fully saturated rings. The van der Waals surface area contributed by atoms with Crippen LogP contribution < -0.4 is 4.90 Å². The van der Waals surface area contributed by atoms with Crippen LogP contribution in [0.4, 0.5) is 9.02 Å². The molecule has 1 aromatic heterocycles. The van der Waals surface area contributed by atoms with E-state index in [2.05, 4.69) is 4.98 Å². The molecule has 1 aliphatic rings. The molecule has 0 spiro atoms. The van der Waals surface area contributed by atoms with Crippen molar-refractivity contribution in [3.63, 3.8) is 0 Å². The van der Waals surface area contributed by atoms with Crippen LogP contribution in [-0.4, -0.2) is 31.1 Å². The molecule has 5 nitrogen and oxygen atoms in total. The average molecular weight is 328 g/mol. The molecule has 1 aliphatic heterocycles. The minimum Gasteiger partial charge on any atom is -0.287 e. The van der Waals surface area contributed by atoms with Gasteiger partial charge in [0.05, 0.1) is 10.2 Å². The predicted molar refractivity (Wildman–Crippen MR) is 79.9 cm³/mol. The molecule has 2 aromatic rings. The molecule has 0 N–H and O–H groups in total. The van der Waals surface area contributed by atoms with Gasteiger partial charge in [0.1, 0.15) is 5.25 Å². The van der Waals surface area contributed by atoms with Crippen molar-refractivity contribution >= 4 is 42.8 Å². The maximum Gasteiger partial charge on any atom is 0.307 e. The Balaban J connectivity index is 2.02. The topological polar surface area (TPSA) is 67.3 Å². The van der Waals surface area contributed by atoms with Crippen LogP contribution in [-0.2, 0) is 15.0 Å². The summed E-state index contributed by atoms with van der Waals surface area (Å²) in [5.41, 5.74) is 2.88. The quantitative estimate of drug-likeness (QED) is 0.794. The van der Waals surface area contributed by atoms with E-state index in [1.54, 1.807) is 0 Å². The number of hydrogen-bond donors (Lipinski definition) is 0. The maximum absolute atomic E-state index is 13.1. The second-order valence-corrected chi connectivity index (χ2v) is 7.86. The second-order valence-electron chi connectivity index (χ2n) is 5.23. The van der Waals surface area contributed by atoms with Crippen molar-refractivity contribution in [2.75, 3.05) is 11.4 Å². The number of rotatable bonds is 2. The fourth-order valence-electron chi connectivity index (χ4n) is 2.52. The Labute approximate surface area is 125 Å². The summed E-state index contributed by atoms with van der Waals surface area (Å²) >= 11 is 1.32.